The molecular weight excluding hydrogens is 288 g/mol. The number of hydrogen-bond acceptors (Lipinski definition) is 6. The summed E-state index contributed by atoms with van der Waals surface area (Å²) in [6.07, 6.45) is -0.0318. The van der Waals surface area contributed by atoms with Crippen LogP contribution in [-0.4, -0.2) is 29.3 Å². The van der Waals surface area contributed by atoms with Crippen LogP contribution in [0.15, 0.2) is 18.2 Å². The van der Waals surface area contributed by atoms with E-state index in [0.717, 1.165) is 16.7 Å². The van der Waals surface area contributed by atoms with Gasteiger partial charge in [0, 0.05) is 0 Å². The first-order chi connectivity index (χ1) is 10.5. The quantitative estimate of drug-likeness (QED) is 0.598. The van der Waals surface area contributed by atoms with Gasteiger partial charge in [-0.15, -0.1) is 0 Å². The second-order valence-corrected chi connectivity index (χ2v) is 6.08. The van der Waals surface area contributed by atoms with E-state index in [1.54, 1.807) is 0 Å². The lowest BCUT2D eigenvalue weighted by molar-refractivity contribution is -0.155. The minimum Gasteiger partial charge on any atom is -0.435 e. The molecule has 0 radical (unpaired) electrons. The lowest BCUT2D eigenvalue weighted by Gasteiger charge is -2.24. The summed E-state index contributed by atoms with van der Waals surface area (Å²) >= 11 is 0. The summed E-state index contributed by atoms with van der Waals surface area (Å²) in [5.41, 5.74) is 2.79. The summed E-state index contributed by atoms with van der Waals surface area (Å²) in [5, 5.41) is 9.78. The fourth-order valence-electron chi connectivity index (χ4n) is 3.60. The van der Waals surface area contributed by atoms with Crippen LogP contribution < -0.4 is 0 Å². The van der Waals surface area contributed by atoms with Crippen molar-refractivity contribution < 1.29 is 29.0 Å². The van der Waals surface area contributed by atoms with Gasteiger partial charge in [0.25, 0.3) is 0 Å². The highest BCUT2D eigenvalue weighted by Crippen LogP contribution is 2.38. The Balaban J connectivity index is 1.66. The molecule has 2 fully saturated rings. The number of carbonyl (C=O) groups is 3. The molecule has 2 heterocycles. The minimum absolute atomic E-state index is 0.145. The van der Waals surface area contributed by atoms with Crippen LogP contribution in [0, 0.1) is 11.8 Å². The molecule has 0 aromatic heterocycles. The van der Waals surface area contributed by atoms with Crippen LogP contribution >= 0.6 is 0 Å². The van der Waals surface area contributed by atoms with Crippen molar-refractivity contribution in [2.45, 2.75) is 31.5 Å². The van der Waals surface area contributed by atoms with Crippen molar-refractivity contribution in [1.29, 1.82) is 0 Å². The van der Waals surface area contributed by atoms with Gasteiger partial charge >= 0.3 is 17.9 Å². The molecule has 3 aliphatic rings. The van der Waals surface area contributed by atoms with E-state index in [-0.39, 0.29) is 18.3 Å². The summed E-state index contributed by atoms with van der Waals surface area (Å²) in [6.45, 7) is 0. The van der Waals surface area contributed by atoms with Crippen molar-refractivity contribution in [1.82, 2.24) is 0 Å². The molecule has 0 bridgehead atoms. The van der Waals surface area contributed by atoms with Crippen LogP contribution in [0.3, 0.4) is 0 Å². The van der Waals surface area contributed by atoms with E-state index in [1.165, 1.54) is 0 Å². The van der Waals surface area contributed by atoms with Crippen molar-refractivity contribution in [2.24, 2.45) is 11.8 Å². The van der Waals surface area contributed by atoms with E-state index in [4.69, 9.17) is 9.47 Å². The van der Waals surface area contributed by atoms with Gasteiger partial charge in [-0.1, -0.05) is 18.2 Å². The van der Waals surface area contributed by atoms with E-state index >= 15 is 0 Å². The molecule has 6 heteroatoms. The third kappa shape index (κ3) is 1.94. The van der Waals surface area contributed by atoms with Crippen LogP contribution in [0.4, 0.5) is 0 Å². The Morgan fingerprint density at radius 1 is 0.909 bits per heavy atom. The maximum atomic E-state index is 11.7. The summed E-state index contributed by atoms with van der Waals surface area (Å²) in [4.78, 5) is 34.6. The van der Waals surface area contributed by atoms with Crippen LogP contribution in [0.25, 0.3) is 0 Å². The third-order valence-electron chi connectivity index (χ3n) is 4.81. The summed E-state index contributed by atoms with van der Waals surface area (Å²) in [7, 11) is 0. The highest BCUT2D eigenvalue weighted by Gasteiger charge is 2.47. The molecule has 1 aromatic carbocycles. The summed E-state index contributed by atoms with van der Waals surface area (Å²) in [6, 6.07) is 5.64. The number of carbonyl (C=O) groups excluding carboxylic acids is 3. The molecule has 6 nitrogen and oxygen atoms in total. The molecule has 1 aliphatic carbocycles. The van der Waals surface area contributed by atoms with Crippen LogP contribution in [0.1, 0.15) is 29.0 Å². The summed E-state index contributed by atoms with van der Waals surface area (Å²) < 4.78 is 9.49. The average Bonchev–Trinajstić information content (AvgIpc) is 2.96. The highest BCUT2D eigenvalue weighted by molar-refractivity contribution is 5.97. The van der Waals surface area contributed by atoms with E-state index in [9.17, 15) is 19.5 Å². The first-order valence-electron chi connectivity index (χ1n) is 7.27. The number of hydrogen-bond donors (Lipinski definition) is 1. The monoisotopic (exact) mass is 302 g/mol. The summed E-state index contributed by atoms with van der Waals surface area (Å²) in [5.74, 6) is -2.48. The van der Waals surface area contributed by atoms with E-state index < -0.39 is 30.1 Å². The number of benzene rings is 1. The molecule has 2 aliphatic heterocycles. The third-order valence-corrected chi connectivity index (χ3v) is 4.81. The Morgan fingerprint density at radius 2 is 1.59 bits per heavy atom. The largest absolute Gasteiger partial charge is 0.435 e. The van der Waals surface area contributed by atoms with Crippen LogP contribution in [-0.2, 0) is 36.7 Å². The zero-order chi connectivity index (χ0) is 15.4. The van der Waals surface area contributed by atoms with Crippen LogP contribution in [0.2, 0.25) is 0 Å². The molecular formula is C16H14O6. The Morgan fingerprint density at radius 3 is 2.23 bits per heavy atom. The highest BCUT2D eigenvalue weighted by atomic mass is 16.6. The number of fused-ring (bicyclic) bond motifs is 2. The second-order valence-electron chi connectivity index (χ2n) is 6.08. The number of esters is 3. The van der Waals surface area contributed by atoms with Gasteiger partial charge in [0.2, 0.25) is 6.29 Å². The Labute approximate surface area is 126 Å². The molecule has 22 heavy (non-hydrogen) atoms. The fourth-order valence-corrected chi connectivity index (χ4v) is 3.60. The van der Waals surface area contributed by atoms with Gasteiger partial charge in [-0.2, -0.15) is 0 Å². The molecule has 1 N–H and O–H groups in total. The Kier molecular flexibility index (Phi) is 2.84. The van der Waals surface area contributed by atoms with E-state index in [2.05, 4.69) is 0 Å². The molecule has 4 atom stereocenters. The van der Waals surface area contributed by atoms with Gasteiger partial charge in [-0.3, -0.25) is 14.4 Å². The molecule has 1 aromatic rings. The zero-order valence-electron chi connectivity index (χ0n) is 11.7. The first-order valence-corrected chi connectivity index (χ1v) is 7.27. The van der Waals surface area contributed by atoms with Gasteiger partial charge in [-0.25, -0.2) is 0 Å². The van der Waals surface area contributed by atoms with Gasteiger partial charge in [-0.05, 0) is 29.5 Å². The molecule has 4 unspecified atom stereocenters. The van der Waals surface area contributed by atoms with Gasteiger partial charge < -0.3 is 14.6 Å². The smallest absolute Gasteiger partial charge is 0.317 e. The molecule has 0 amide bonds. The van der Waals surface area contributed by atoms with Crippen molar-refractivity contribution in [3.8, 4) is 0 Å². The average molecular weight is 302 g/mol. The van der Waals surface area contributed by atoms with Crippen molar-refractivity contribution in [3.05, 3.63) is 34.9 Å². The maximum absolute atomic E-state index is 11.7. The molecule has 0 spiro atoms. The predicted octanol–water partition coefficient (Wildman–Crippen LogP) is 0.450. The molecule has 2 saturated heterocycles. The minimum atomic E-state index is -1.13. The van der Waals surface area contributed by atoms with E-state index in [1.807, 2.05) is 18.2 Å². The molecule has 0 saturated carbocycles. The van der Waals surface area contributed by atoms with Crippen molar-refractivity contribution in [2.75, 3.05) is 0 Å². The number of cyclic esters (lactones) is 3. The van der Waals surface area contributed by atoms with Crippen molar-refractivity contribution in [3.63, 3.8) is 0 Å². The SMILES string of the molecule is O=C1CC(c2ccc3c(c2)CC2C(=O)OC(=O)C2C3)C(O)O1. The molecule has 114 valence electrons. The maximum Gasteiger partial charge on any atom is 0.317 e. The zero-order valence-corrected chi connectivity index (χ0v) is 11.7. The number of ether oxygens (including phenoxy) is 2. The lowest BCUT2D eigenvalue weighted by atomic mass is 9.76. The normalized spacial score (nSPS) is 33.2. The Hall–Kier alpha value is -2.21. The first kappa shape index (κ1) is 13.5. The lowest BCUT2D eigenvalue weighted by Crippen LogP contribution is -2.28. The predicted molar refractivity (Wildman–Crippen MR) is 71.4 cm³/mol. The van der Waals surface area contributed by atoms with Gasteiger partial charge in [0.05, 0.1) is 24.2 Å². The number of aliphatic hydroxyl groups excluding tert-OH is 1. The van der Waals surface area contributed by atoms with Gasteiger partial charge in [0.1, 0.15) is 0 Å². The second kappa shape index (κ2) is 4.64. The van der Waals surface area contributed by atoms with Crippen LogP contribution in [0.5, 0.6) is 0 Å². The number of aliphatic hydroxyl groups is 1. The molecule has 4 rings (SSSR count). The van der Waals surface area contributed by atoms with E-state index in [0.29, 0.717) is 12.8 Å². The van der Waals surface area contributed by atoms with Gasteiger partial charge in [0.15, 0.2) is 0 Å². The fraction of sp³-hybridized carbons (Fsp3) is 0.438. The standard InChI is InChI=1S/C16H14O6/c17-13-6-10(14(18)21-13)8-2-1-7-4-11-12(5-9(7)3-8)16(20)22-15(11)19/h1-3,10-12,14,18H,4-6H2. The topological polar surface area (TPSA) is 89.9 Å². The Bertz CT molecular complexity index is 694. The number of rotatable bonds is 1. The van der Waals surface area contributed by atoms with Crippen molar-refractivity contribution >= 4 is 17.9 Å².